The second-order valence-electron chi connectivity index (χ2n) is 3.18. The summed E-state index contributed by atoms with van der Waals surface area (Å²) < 4.78 is 0. The minimum atomic E-state index is -0.421. The summed E-state index contributed by atoms with van der Waals surface area (Å²) in [5, 5.41) is 10.8. The molecule has 0 saturated heterocycles. The average Bonchev–Trinajstić information content (AvgIpc) is 2.47. The van der Waals surface area contributed by atoms with Crippen molar-refractivity contribution >= 4 is 22.0 Å². The lowest BCUT2D eigenvalue weighted by atomic mass is 10.2. The van der Waals surface area contributed by atoms with Crippen LogP contribution in [0.1, 0.15) is 31.1 Å². The maximum absolute atomic E-state index is 10.5. The summed E-state index contributed by atoms with van der Waals surface area (Å²) in [6.45, 7) is 2.13. The van der Waals surface area contributed by atoms with Crippen molar-refractivity contribution in [3.05, 3.63) is 21.1 Å². The van der Waals surface area contributed by atoms with E-state index in [1.165, 1.54) is 11.3 Å². The number of hydrogen-bond acceptors (Lipinski definition) is 4. The Morgan fingerprint density at radius 3 is 2.79 bits per heavy atom. The molecule has 1 rings (SSSR count). The second kappa shape index (κ2) is 4.95. The highest BCUT2D eigenvalue weighted by Crippen LogP contribution is 2.32. The van der Waals surface area contributed by atoms with Crippen LogP contribution >= 0.6 is 11.3 Å². The van der Waals surface area contributed by atoms with Gasteiger partial charge in [0.15, 0.2) is 5.00 Å². The first-order chi connectivity index (χ1) is 6.65. The van der Waals surface area contributed by atoms with E-state index in [0.29, 0.717) is 5.00 Å². The normalized spacial score (nSPS) is 10.4. The van der Waals surface area contributed by atoms with Gasteiger partial charge in [-0.05, 0) is 12.8 Å². The molecule has 0 spiro atoms. The van der Waals surface area contributed by atoms with E-state index in [9.17, 15) is 10.1 Å². The predicted molar refractivity (Wildman–Crippen MR) is 58.6 cm³/mol. The summed E-state index contributed by atoms with van der Waals surface area (Å²) >= 11 is 1.33. The van der Waals surface area contributed by atoms with E-state index in [2.05, 4.69) is 6.92 Å². The van der Waals surface area contributed by atoms with Gasteiger partial charge in [0.05, 0.1) is 4.92 Å². The van der Waals surface area contributed by atoms with Gasteiger partial charge in [-0.3, -0.25) is 10.1 Å². The van der Waals surface area contributed by atoms with Crippen LogP contribution in [0.4, 0.5) is 10.7 Å². The number of unbranched alkanes of at least 4 members (excludes halogenated alkanes) is 2. The summed E-state index contributed by atoms with van der Waals surface area (Å²) in [4.78, 5) is 11.1. The van der Waals surface area contributed by atoms with E-state index in [1.807, 2.05) is 0 Å². The van der Waals surface area contributed by atoms with Crippen LogP contribution in [0.5, 0.6) is 0 Å². The Morgan fingerprint density at radius 2 is 2.29 bits per heavy atom. The van der Waals surface area contributed by atoms with Gasteiger partial charge in [-0.2, -0.15) is 0 Å². The van der Waals surface area contributed by atoms with Crippen LogP contribution in [0.15, 0.2) is 6.07 Å². The molecule has 0 unspecified atom stereocenters. The van der Waals surface area contributed by atoms with Crippen LogP contribution in [0, 0.1) is 10.1 Å². The van der Waals surface area contributed by atoms with Crippen LogP contribution in [0.2, 0.25) is 0 Å². The van der Waals surface area contributed by atoms with Crippen molar-refractivity contribution in [3.8, 4) is 0 Å². The molecule has 5 heteroatoms. The number of anilines is 1. The molecule has 1 aromatic heterocycles. The van der Waals surface area contributed by atoms with Crippen molar-refractivity contribution in [1.29, 1.82) is 0 Å². The Hall–Kier alpha value is -1.10. The molecule has 1 aromatic rings. The van der Waals surface area contributed by atoms with Gasteiger partial charge >= 0.3 is 5.69 Å². The molecule has 0 fully saturated rings. The minimum Gasteiger partial charge on any atom is -0.385 e. The molecule has 0 amide bonds. The summed E-state index contributed by atoms with van der Waals surface area (Å²) in [5.41, 5.74) is 5.58. The molecule has 0 atom stereocenters. The lowest BCUT2D eigenvalue weighted by Gasteiger charge is -1.93. The first-order valence-corrected chi connectivity index (χ1v) is 5.49. The molecular weight excluding hydrogens is 200 g/mol. The van der Waals surface area contributed by atoms with Gasteiger partial charge in [-0.25, -0.2) is 0 Å². The number of aryl methyl sites for hydroxylation is 1. The zero-order valence-corrected chi connectivity index (χ0v) is 8.97. The molecule has 1 heterocycles. The van der Waals surface area contributed by atoms with Gasteiger partial charge in [-0.1, -0.05) is 19.8 Å². The van der Waals surface area contributed by atoms with Crippen LogP contribution < -0.4 is 5.73 Å². The predicted octanol–water partition coefficient (Wildman–Crippen LogP) is 2.97. The first-order valence-electron chi connectivity index (χ1n) is 4.67. The third kappa shape index (κ3) is 2.70. The van der Waals surface area contributed by atoms with Gasteiger partial charge in [0, 0.05) is 10.9 Å². The maximum Gasteiger partial charge on any atom is 0.303 e. The van der Waals surface area contributed by atoms with E-state index in [0.717, 1.165) is 30.6 Å². The third-order valence-electron chi connectivity index (χ3n) is 2.01. The Balaban J connectivity index is 2.62. The monoisotopic (exact) mass is 214 g/mol. The fourth-order valence-corrected chi connectivity index (χ4v) is 2.20. The fraction of sp³-hybridized carbons (Fsp3) is 0.556. The summed E-state index contributed by atoms with van der Waals surface area (Å²) in [6, 6.07) is 1.59. The molecule has 78 valence electrons. The Morgan fingerprint density at radius 1 is 1.57 bits per heavy atom. The van der Waals surface area contributed by atoms with Crippen molar-refractivity contribution in [3.63, 3.8) is 0 Å². The maximum atomic E-state index is 10.5. The molecule has 0 aromatic carbocycles. The van der Waals surface area contributed by atoms with Crippen LogP contribution in [0.3, 0.4) is 0 Å². The minimum absolute atomic E-state index is 0.0569. The van der Waals surface area contributed by atoms with Crippen LogP contribution in [-0.4, -0.2) is 4.92 Å². The Bertz CT molecular complexity index is 323. The number of nitrogens with two attached hydrogens (primary N) is 1. The highest BCUT2D eigenvalue weighted by molar-refractivity contribution is 7.16. The molecular formula is C9H14N2O2S. The van der Waals surface area contributed by atoms with Crippen molar-refractivity contribution in [2.45, 2.75) is 32.6 Å². The van der Waals surface area contributed by atoms with Gasteiger partial charge in [0.25, 0.3) is 0 Å². The van der Waals surface area contributed by atoms with Crippen molar-refractivity contribution < 1.29 is 4.92 Å². The molecule has 0 bridgehead atoms. The standard InChI is InChI=1S/C9H14N2O2S/c1-2-3-4-5-7-6-8(11(12)13)9(10)14-7/h6H,2-5,10H2,1H3. The quantitative estimate of drug-likeness (QED) is 0.465. The van der Waals surface area contributed by atoms with Gasteiger partial charge in [0.1, 0.15) is 0 Å². The van der Waals surface area contributed by atoms with Crippen LogP contribution in [0.25, 0.3) is 0 Å². The van der Waals surface area contributed by atoms with E-state index < -0.39 is 4.92 Å². The van der Waals surface area contributed by atoms with Gasteiger partial charge in [-0.15, -0.1) is 11.3 Å². The van der Waals surface area contributed by atoms with E-state index in [1.54, 1.807) is 6.07 Å². The average molecular weight is 214 g/mol. The van der Waals surface area contributed by atoms with E-state index >= 15 is 0 Å². The molecule has 0 aliphatic carbocycles. The zero-order chi connectivity index (χ0) is 10.6. The topological polar surface area (TPSA) is 69.2 Å². The molecule has 0 saturated carbocycles. The Labute approximate surface area is 86.9 Å². The summed E-state index contributed by atoms with van der Waals surface area (Å²) in [6.07, 6.45) is 4.29. The number of hydrogen-bond donors (Lipinski definition) is 1. The third-order valence-corrected chi connectivity index (χ3v) is 3.03. The number of nitro groups is 1. The van der Waals surface area contributed by atoms with Crippen LogP contribution in [-0.2, 0) is 6.42 Å². The summed E-state index contributed by atoms with van der Waals surface area (Å²) in [7, 11) is 0. The molecule has 0 radical (unpaired) electrons. The van der Waals surface area contributed by atoms with Gasteiger partial charge < -0.3 is 5.73 Å². The highest BCUT2D eigenvalue weighted by atomic mass is 32.1. The molecule has 0 aliphatic rings. The lowest BCUT2D eigenvalue weighted by molar-refractivity contribution is -0.383. The number of nitrogen functional groups attached to an aromatic ring is 1. The van der Waals surface area contributed by atoms with Crippen molar-refractivity contribution in [1.82, 2.24) is 0 Å². The van der Waals surface area contributed by atoms with Crippen molar-refractivity contribution in [2.24, 2.45) is 0 Å². The molecule has 14 heavy (non-hydrogen) atoms. The lowest BCUT2D eigenvalue weighted by Crippen LogP contribution is -1.89. The number of rotatable bonds is 5. The van der Waals surface area contributed by atoms with E-state index in [4.69, 9.17) is 5.73 Å². The van der Waals surface area contributed by atoms with Crippen molar-refractivity contribution in [2.75, 3.05) is 5.73 Å². The largest absolute Gasteiger partial charge is 0.385 e. The summed E-state index contributed by atoms with van der Waals surface area (Å²) in [5.74, 6) is 0. The number of thiophene rings is 1. The Kier molecular flexibility index (Phi) is 3.88. The zero-order valence-electron chi connectivity index (χ0n) is 8.16. The van der Waals surface area contributed by atoms with Gasteiger partial charge in [0.2, 0.25) is 0 Å². The number of nitrogens with zero attached hydrogens (tertiary/aromatic N) is 1. The fourth-order valence-electron chi connectivity index (χ4n) is 1.26. The highest BCUT2D eigenvalue weighted by Gasteiger charge is 2.15. The first kappa shape index (κ1) is 11.0. The molecule has 0 aliphatic heterocycles. The molecule has 2 N–H and O–H groups in total. The smallest absolute Gasteiger partial charge is 0.303 e. The SMILES string of the molecule is CCCCCc1cc([N+](=O)[O-])c(N)s1. The second-order valence-corrected chi connectivity index (χ2v) is 4.34. The van der Waals surface area contributed by atoms with E-state index in [-0.39, 0.29) is 5.69 Å². The molecule has 4 nitrogen and oxygen atoms in total.